The second kappa shape index (κ2) is 5.76. The van der Waals surface area contributed by atoms with E-state index in [1.807, 2.05) is 37.3 Å². The lowest BCUT2D eigenvalue weighted by Gasteiger charge is -2.00. The van der Waals surface area contributed by atoms with Crippen molar-refractivity contribution in [1.29, 1.82) is 0 Å². The first kappa shape index (κ1) is 11.2. The molecular formula is C14H14O. The molecule has 15 heavy (non-hydrogen) atoms. The first-order valence-electron chi connectivity index (χ1n) is 4.84. The van der Waals surface area contributed by atoms with Crippen LogP contribution in [0.2, 0.25) is 0 Å². The van der Waals surface area contributed by atoms with E-state index in [2.05, 4.69) is 6.58 Å². The standard InChI is InChI=1S/C14H14O/c1-3-5-9-12(4-2)14(15)13-10-7-6-8-11-13/h3-11H,1H2,2H3/b9-5-,12-4+. The Morgan fingerprint density at radius 2 is 1.93 bits per heavy atom. The van der Waals surface area contributed by atoms with Crippen molar-refractivity contribution in [2.45, 2.75) is 6.92 Å². The van der Waals surface area contributed by atoms with Crippen LogP contribution in [-0.2, 0) is 0 Å². The molecule has 0 aliphatic carbocycles. The third-order valence-electron chi connectivity index (χ3n) is 2.02. The molecule has 0 bridgehead atoms. The van der Waals surface area contributed by atoms with Crippen molar-refractivity contribution in [3.05, 3.63) is 72.4 Å². The quantitative estimate of drug-likeness (QED) is 0.410. The highest BCUT2D eigenvalue weighted by molar-refractivity contribution is 6.10. The first-order chi connectivity index (χ1) is 7.29. The van der Waals surface area contributed by atoms with Gasteiger partial charge in [-0.15, -0.1) is 0 Å². The predicted octanol–water partition coefficient (Wildman–Crippen LogP) is 3.56. The molecule has 1 heteroatoms. The molecule has 0 heterocycles. The first-order valence-corrected chi connectivity index (χ1v) is 4.84. The summed E-state index contributed by atoms with van der Waals surface area (Å²) in [5.41, 5.74) is 1.39. The van der Waals surface area contributed by atoms with Crippen LogP contribution in [0.4, 0.5) is 0 Å². The van der Waals surface area contributed by atoms with Crippen LogP contribution in [0.3, 0.4) is 0 Å². The van der Waals surface area contributed by atoms with Crippen molar-refractivity contribution in [2.75, 3.05) is 0 Å². The van der Waals surface area contributed by atoms with Gasteiger partial charge in [0.1, 0.15) is 0 Å². The minimum atomic E-state index is 0.0381. The number of carbonyl (C=O) groups excluding carboxylic acids is 1. The lowest BCUT2D eigenvalue weighted by Crippen LogP contribution is -2.00. The largest absolute Gasteiger partial charge is 0.289 e. The lowest BCUT2D eigenvalue weighted by atomic mass is 10.0. The Morgan fingerprint density at radius 1 is 1.27 bits per heavy atom. The summed E-state index contributed by atoms with van der Waals surface area (Å²) in [6.07, 6.45) is 6.98. The summed E-state index contributed by atoms with van der Waals surface area (Å²) < 4.78 is 0. The van der Waals surface area contributed by atoms with E-state index >= 15 is 0 Å². The van der Waals surface area contributed by atoms with Crippen molar-refractivity contribution in [3.63, 3.8) is 0 Å². The van der Waals surface area contributed by atoms with Crippen molar-refractivity contribution < 1.29 is 4.79 Å². The van der Waals surface area contributed by atoms with E-state index in [0.717, 1.165) is 0 Å². The van der Waals surface area contributed by atoms with Crippen LogP contribution >= 0.6 is 0 Å². The molecule has 0 aliphatic heterocycles. The number of allylic oxidation sites excluding steroid dienone is 5. The summed E-state index contributed by atoms with van der Waals surface area (Å²) in [6, 6.07) is 9.24. The Balaban J connectivity index is 2.93. The average Bonchev–Trinajstić information content (AvgIpc) is 2.31. The lowest BCUT2D eigenvalue weighted by molar-refractivity contribution is 0.103. The predicted molar refractivity (Wildman–Crippen MR) is 63.9 cm³/mol. The summed E-state index contributed by atoms with van der Waals surface area (Å²) in [5, 5.41) is 0. The normalized spacial score (nSPS) is 11.7. The molecule has 76 valence electrons. The van der Waals surface area contributed by atoms with Gasteiger partial charge in [0, 0.05) is 11.1 Å². The Bertz CT molecular complexity index is 397. The highest BCUT2D eigenvalue weighted by Crippen LogP contribution is 2.09. The Labute approximate surface area is 90.4 Å². The second-order valence-corrected chi connectivity index (χ2v) is 3.03. The minimum absolute atomic E-state index is 0.0381. The Morgan fingerprint density at radius 3 is 2.47 bits per heavy atom. The molecule has 0 fully saturated rings. The molecule has 1 rings (SSSR count). The van der Waals surface area contributed by atoms with Gasteiger partial charge >= 0.3 is 0 Å². The van der Waals surface area contributed by atoms with Gasteiger partial charge in [-0.3, -0.25) is 4.79 Å². The van der Waals surface area contributed by atoms with E-state index < -0.39 is 0 Å². The van der Waals surface area contributed by atoms with Crippen LogP contribution in [0.25, 0.3) is 0 Å². The number of ketones is 1. The van der Waals surface area contributed by atoms with Gasteiger partial charge in [0.05, 0.1) is 0 Å². The van der Waals surface area contributed by atoms with Crippen LogP contribution < -0.4 is 0 Å². The van der Waals surface area contributed by atoms with E-state index in [1.54, 1.807) is 24.3 Å². The molecular weight excluding hydrogens is 184 g/mol. The molecule has 0 radical (unpaired) electrons. The number of hydrogen-bond donors (Lipinski definition) is 0. The topological polar surface area (TPSA) is 17.1 Å². The molecule has 0 spiro atoms. The highest BCUT2D eigenvalue weighted by Gasteiger charge is 2.07. The zero-order valence-corrected chi connectivity index (χ0v) is 8.81. The third-order valence-corrected chi connectivity index (χ3v) is 2.02. The maximum Gasteiger partial charge on any atom is 0.192 e. The number of Topliss-reactive ketones (excluding diaryl/α,β-unsaturated/α-hetero) is 1. The fourth-order valence-corrected chi connectivity index (χ4v) is 1.23. The van der Waals surface area contributed by atoms with Crippen molar-refractivity contribution in [2.24, 2.45) is 0 Å². The maximum absolute atomic E-state index is 11.9. The Kier molecular flexibility index (Phi) is 4.30. The van der Waals surface area contributed by atoms with Gasteiger partial charge in [-0.2, -0.15) is 0 Å². The summed E-state index contributed by atoms with van der Waals surface area (Å²) in [6.45, 7) is 5.42. The second-order valence-electron chi connectivity index (χ2n) is 3.03. The summed E-state index contributed by atoms with van der Waals surface area (Å²) in [5.74, 6) is 0.0381. The summed E-state index contributed by atoms with van der Waals surface area (Å²) in [7, 11) is 0. The Hall–Kier alpha value is -1.89. The van der Waals surface area contributed by atoms with Crippen LogP contribution in [0, 0.1) is 0 Å². The molecule has 0 N–H and O–H groups in total. The number of benzene rings is 1. The zero-order valence-electron chi connectivity index (χ0n) is 8.81. The molecule has 1 nitrogen and oxygen atoms in total. The molecule has 0 aliphatic rings. The van der Waals surface area contributed by atoms with Crippen LogP contribution in [0.1, 0.15) is 17.3 Å². The van der Waals surface area contributed by atoms with E-state index in [4.69, 9.17) is 0 Å². The third kappa shape index (κ3) is 3.06. The van der Waals surface area contributed by atoms with E-state index in [-0.39, 0.29) is 5.78 Å². The molecule has 0 saturated carbocycles. The minimum Gasteiger partial charge on any atom is -0.289 e. The molecule has 0 atom stereocenters. The van der Waals surface area contributed by atoms with Crippen LogP contribution in [0.15, 0.2) is 66.8 Å². The van der Waals surface area contributed by atoms with Gasteiger partial charge in [0.2, 0.25) is 0 Å². The highest BCUT2D eigenvalue weighted by atomic mass is 16.1. The molecule has 0 amide bonds. The van der Waals surface area contributed by atoms with Gasteiger partial charge in [0.15, 0.2) is 5.78 Å². The molecule has 0 aromatic heterocycles. The van der Waals surface area contributed by atoms with E-state index in [1.165, 1.54) is 0 Å². The fourth-order valence-electron chi connectivity index (χ4n) is 1.23. The fraction of sp³-hybridized carbons (Fsp3) is 0.0714. The van der Waals surface area contributed by atoms with Crippen molar-refractivity contribution >= 4 is 5.78 Å². The van der Waals surface area contributed by atoms with Gasteiger partial charge in [-0.25, -0.2) is 0 Å². The molecule has 1 aromatic carbocycles. The summed E-state index contributed by atoms with van der Waals surface area (Å²) >= 11 is 0. The van der Waals surface area contributed by atoms with Gasteiger partial charge in [-0.05, 0) is 6.92 Å². The number of rotatable bonds is 4. The molecule has 0 unspecified atom stereocenters. The van der Waals surface area contributed by atoms with Gasteiger partial charge in [0.25, 0.3) is 0 Å². The van der Waals surface area contributed by atoms with Crippen molar-refractivity contribution in [3.8, 4) is 0 Å². The van der Waals surface area contributed by atoms with Gasteiger partial charge < -0.3 is 0 Å². The zero-order chi connectivity index (χ0) is 11.1. The average molecular weight is 198 g/mol. The van der Waals surface area contributed by atoms with Gasteiger partial charge in [-0.1, -0.05) is 61.2 Å². The van der Waals surface area contributed by atoms with E-state index in [0.29, 0.717) is 11.1 Å². The SMILES string of the molecule is C=C/C=C\C(=C/C)C(=O)c1ccccc1. The maximum atomic E-state index is 11.9. The number of carbonyl (C=O) groups is 1. The smallest absolute Gasteiger partial charge is 0.192 e. The summed E-state index contributed by atoms with van der Waals surface area (Å²) in [4.78, 5) is 11.9. The van der Waals surface area contributed by atoms with Crippen LogP contribution in [0.5, 0.6) is 0 Å². The van der Waals surface area contributed by atoms with E-state index in [9.17, 15) is 4.79 Å². The monoisotopic (exact) mass is 198 g/mol. The van der Waals surface area contributed by atoms with Crippen molar-refractivity contribution in [1.82, 2.24) is 0 Å². The molecule has 1 aromatic rings. The molecule has 0 saturated heterocycles. The van der Waals surface area contributed by atoms with Crippen LogP contribution in [-0.4, -0.2) is 5.78 Å². The number of hydrogen-bond acceptors (Lipinski definition) is 1.